The van der Waals surface area contributed by atoms with E-state index in [1.54, 1.807) is 0 Å². The van der Waals surface area contributed by atoms with Gasteiger partial charge in [-0.15, -0.1) is 10.2 Å². The summed E-state index contributed by atoms with van der Waals surface area (Å²) in [6.07, 6.45) is 2.04. The first-order valence-corrected chi connectivity index (χ1v) is 6.25. The second-order valence-electron chi connectivity index (χ2n) is 4.04. The number of hydrogen-bond donors (Lipinski definition) is 2. The van der Waals surface area contributed by atoms with Gasteiger partial charge in [-0.05, 0) is 18.9 Å². The molecule has 0 aromatic carbocycles. The minimum Gasteiger partial charge on any atom is -0.330 e. The summed E-state index contributed by atoms with van der Waals surface area (Å²) in [7, 11) is 0. The van der Waals surface area contributed by atoms with Crippen molar-refractivity contribution in [1.29, 1.82) is 0 Å². The van der Waals surface area contributed by atoms with Gasteiger partial charge in [0.1, 0.15) is 5.01 Å². The zero-order chi connectivity index (χ0) is 12.0. The highest BCUT2D eigenvalue weighted by Crippen LogP contribution is 2.18. The normalized spacial score (nSPS) is 10.8. The van der Waals surface area contributed by atoms with E-state index in [2.05, 4.69) is 29.4 Å². The molecule has 5 nitrogen and oxygen atoms in total. The molecule has 0 unspecified atom stereocenters. The quantitative estimate of drug-likeness (QED) is 0.790. The van der Waals surface area contributed by atoms with Crippen LogP contribution in [0.1, 0.15) is 31.7 Å². The van der Waals surface area contributed by atoms with Crippen molar-refractivity contribution in [3.63, 3.8) is 0 Å². The van der Waals surface area contributed by atoms with Gasteiger partial charge < -0.3 is 11.1 Å². The van der Waals surface area contributed by atoms with Crippen LogP contribution in [0.2, 0.25) is 0 Å². The van der Waals surface area contributed by atoms with Crippen LogP contribution >= 0.6 is 11.3 Å². The maximum absolute atomic E-state index is 11.4. The van der Waals surface area contributed by atoms with Crippen molar-refractivity contribution >= 4 is 22.4 Å². The highest BCUT2D eigenvalue weighted by atomic mass is 32.1. The fourth-order valence-corrected chi connectivity index (χ4v) is 2.15. The van der Waals surface area contributed by atoms with Gasteiger partial charge in [-0.3, -0.25) is 4.79 Å². The van der Waals surface area contributed by atoms with Gasteiger partial charge in [0, 0.05) is 12.8 Å². The minimum atomic E-state index is -0.0438. The Hall–Kier alpha value is -1.01. The topological polar surface area (TPSA) is 80.9 Å². The fraction of sp³-hybridized carbons (Fsp3) is 0.700. The van der Waals surface area contributed by atoms with Gasteiger partial charge in [0.15, 0.2) is 0 Å². The predicted molar refractivity (Wildman–Crippen MR) is 65.4 cm³/mol. The number of rotatable bonds is 6. The Kier molecular flexibility index (Phi) is 5.34. The molecule has 0 fully saturated rings. The van der Waals surface area contributed by atoms with E-state index in [0.717, 1.165) is 11.4 Å². The fourth-order valence-electron chi connectivity index (χ4n) is 1.18. The summed E-state index contributed by atoms with van der Waals surface area (Å²) in [5, 5.41) is 12.2. The first-order valence-electron chi connectivity index (χ1n) is 5.44. The molecule has 1 amide bonds. The number of aromatic nitrogens is 2. The van der Waals surface area contributed by atoms with Crippen LogP contribution in [0.15, 0.2) is 0 Å². The summed E-state index contributed by atoms with van der Waals surface area (Å²) in [5.41, 5.74) is 5.32. The van der Waals surface area contributed by atoms with E-state index < -0.39 is 0 Å². The highest BCUT2D eigenvalue weighted by molar-refractivity contribution is 7.15. The Morgan fingerprint density at radius 2 is 2.25 bits per heavy atom. The lowest BCUT2D eigenvalue weighted by atomic mass is 10.1. The first kappa shape index (κ1) is 13.1. The van der Waals surface area contributed by atoms with Crippen molar-refractivity contribution in [3.8, 4) is 0 Å². The van der Waals surface area contributed by atoms with Crippen molar-refractivity contribution < 1.29 is 4.79 Å². The van der Waals surface area contributed by atoms with Crippen LogP contribution in [0.4, 0.5) is 5.13 Å². The molecule has 16 heavy (non-hydrogen) atoms. The van der Waals surface area contributed by atoms with E-state index in [9.17, 15) is 4.79 Å². The maximum atomic E-state index is 11.4. The number of hydrogen-bond acceptors (Lipinski definition) is 5. The monoisotopic (exact) mass is 242 g/mol. The number of nitrogens with zero attached hydrogens (tertiary/aromatic N) is 2. The number of nitrogens with one attached hydrogen (secondary N) is 1. The Labute approximate surface area is 99.5 Å². The predicted octanol–water partition coefficient (Wildman–Crippen LogP) is 1.41. The van der Waals surface area contributed by atoms with E-state index >= 15 is 0 Å². The molecule has 0 aliphatic rings. The highest BCUT2D eigenvalue weighted by Gasteiger charge is 2.08. The minimum absolute atomic E-state index is 0.0438. The summed E-state index contributed by atoms with van der Waals surface area (Å²) in [6.45, 7) is 4.78. The summed E-state index contributed by atoms with van der Waals surface area (Å²) in [4.78, 5) is 11.4. The number of carbonyl (C=O) groups excluding carboxylic acids is 1. The number of nitrogens with two attached hydrogens (primary N) is 1. The van der Waals surface area contributed by atoms with Gasteiger partial charge in [0.2, 0.25) is 11.0 Å². The summed E-state index contributed by atoms with van der Waals surface area (Å²) in [5.74, 6) is 0.506. The smallest absolute Gasteiger partial charge is 0.226 e. The Morgan fingerprint density at radius 3 is 2.88 bits per heavy atom. The molecular weight excluding hydrogens is 224 g/mol. The van der Waals surface area contributed by atoms with E-state index in [0.29, 0.717) is 30.4 Å². The van der Waals surface area contributed by atoms with Crippen LogP contribution in [-0.4, -0.2) is 22.6 Å². The summed E-state index contributed by atoms with van der Waals surface area (Å²) in [6, 6.07) is 0. The summed E-state index contributed by atoms with van der Waals surface area (Å²) < 4.78 is 0. The lowest BCUT2D eigenvalue weighted by Crippen LogP contribution is -2.13. The van der Waals surface area contributed by atoms with E-state index in [1.165, 1.54) is 11.3 Å². The number of carbonyl (C=O) groups is 1. The lowest BCUT2D eigenvalue weighted by Gasteiger charge is -1.99. The van der Waals surface area contributed by atoms with Crippen LogP contribution in [0.25, 0.3) is 0 Å². The molecule has 1 rings (SSSR count). The van der Waals surface area contributed by atoms with Crippen molar-refractivity contribution in [3.05, 3.63) is 5.01 Å². The molecule has 0 saturated heterocycles. The third kappa shape index (κ3) is 4.67. The summed E-state index contributed by atoms with van der Waals surface area (Å²) >= 11 is 1.44. The van der Waals surface area contributed by atoms with Crippen molar-refractivity contribution in [2.45, 2.75) is 33.1 Å². The zero-order valence-corrected chi connectivity index (χ0v) is 10.5. The molecule has 0 aliphatic carbocycles. The zero-order valence-electron chi connectivity index (χ0n) is 9.69. The standard InChI is InChI=1S/C10H18N4OS/c1-7(2)6-9-13-14-10(16-9)12-8(15)4-3-5-11/h7H,3-6,11H2,1-2H3,(H,12,14,15). The molecule has 1 aromatic rings. The van der Waals surface area contributed by atoms with Gasteiger partial charge >= 0.3 is 0 Å². The van der Waals surface area contributed by atoms with Gasteiger partial charge in [-0.25, -0.2) is 0 Å². The maximum Gasteiger partial charge on any atom is 0.226 e. The van der Waals surface area contributed by atoms with Crippen molar-refractivity contribution in [2.24, 2.45) is 11.7 Å². The average Bonchev–Trinajstić information content (AvgIpc) is 2.61. The van der Waals surface area contributed by atoms with Gasteiger partial charge in [0.05, 0.1) is 0 Å². The molecular formula is C10H18N4OS. The lowest BCUT2D eigenvalue weighted by molar-refractivity contribution is -0.116. The largest absolute Gasteiger partial charge is 0.330 e. The third-order valence-electron chi connectivity index (χ3n) is 1.90. The van der Waals surface area contributed by atoms with Crippen LogP contribution in [-0.2, 0) is 11.2 Å². The average molecular weight is 242 g/mol. The molecule has 0 saturated carbocycles. The molecule has 0 radical (unpaired) electrons. The van der Waals surface area contributed by atoms with Crippen molar-refractivity contribution in [2.75, 3.05) is 11.9 Å². The number of anilines is 1. The van der Waals surface area contributed by atoms with E-state index in [4.69, 9.17) is 5.73 Å². The SMILES string of the molecule is CC(C)Cc1nnc(NC(=O)CCCN)s1. The molecule has 1 aromatic heterocycles. The Bertz CT molecular complexity index is 337. The molecule has 0 bridgehead atoms. The Morgan fingerprint density at radius 1 is 1.50 bits per heavy atom. The van der Waals surface area contributed by atoms with Gasteiger partial charge in [-0.2, -0.15) is 0 Å². The molecule has 1 heterocycles. The van der Waals surface area contributed by atoms with Gasteiger partial charge in [0.25, 0.3) is 0 Å². The molecule has 0 atom stereocenters. The van der Waals surface area contributed by atoms with Crippen LogP contribution in [0, 0.1) is 5.92 Å². The second-order valence-corrected chi connectivity index (χ2v) is 5.10. The second kappa shape index (κ2) is 6.55. The van der Waals surface area contributed by atoms with Gasteiger partial charge in [-0.1, -0.05) is 25.2 Å². The molecule has 90 valence electrons. The van der Waals surface area contributed by atoms with Crippen molar-refractivity contribution in [1.82, 2.24) is 10.2 Å². The number of amides is 1. The van der Waals surface area contributed by atoms with Crippen LogP contribution < -0.4 is 11.1 Å². The molecule has 0 spiro atoms. The molecule has 3 N–H and O–H groups in total. The molecule has 6 heteroatoms. The van der Waals surface area contributed by atoms with E-state index in [-0.39, 0.29) is 5.91 Å². The van der Waals surface area contributed by atoms with E-state index in [1.807, 2.05) is 0 Å². The van der Waals surface area contributed by atoms with Crippen LogP contribution in [0.3, 0.4) is 0 Å². The third-order valence-corrected chi connectivity index (χ3v) is 2.77. The Balaban J connectivity index is 2.42. The molecule has 0 aliphatic heterocycles. The van der Waals surface area contributed by atoms with Crippen LogP contribution in [0.5, 0.6) is 0 Å². The first-order chi connectivity index (χ1) is 7.61.